The molecule has 0 unspecified atom stereocenters. The molecule has 158 valence electrons. The molecule has 0 radical (unpaired) electrons. The monoisotopic (exact) mass is 472 g/mol. The van der Waals surface area contributed by atoms with E-state index in [-0.39, 0.29) is 17.6 Å². The van der Waals surface area contributed by atoms with Gasteiger partial charge in [0.25, 0.3) is 5.91 Å². The Bertz CT molecular complexity index is 924. The van der Waals surface area contributed by atoms with Gasteiger partial charge in [-0.3, -0.25) is 20.1 Å². The van der Waals surface area contributed by atoms with Gasteiger partial charge in [0.05, 0.1) is 17.7 Å². The molecule has 0 spiro atoms. The van der Waals surface area contributed by atoms with Crippen LogP contribution in [0.4, 0.5) is 5.82 Å². The summed E-state index contributed by atoms with van der Waals surface area (Å²) >= 11 is 3.42. The number of carbonyl (C=O) groups excluding carboxylic acids is 1. The molecule has 0 atom stereocenters. The Kier molecular flexibility index (Phi) is 7.74. The van der Waals surface area contributed by atoms with Gasteiger partial charge in [0, 0.05) is 37.9 Å². The number of nitrogens with zero attached hydrogens (tertiary/aromatic N) is 5. The van der Waals surface area contributed by atoms with Crippen molar-refractivity contribution in [1.29, 1.82) is 5.26 Å². The maximum Gasteiger partial charge on any atom is 0.269 e. The van der Waals surface area contributed by atoms with E-state index in [2.05, 4.69) is 36.2 Å². The molecule has 0 aliphatic carbocycles. The number of benzene rings is 1. The highest BCUT2D eigenvalue weighted by atomic mass is 79.9. The summed E-state index contributed by atoms with van der Waals surface area (Å²) in [6.45, 7) is 8.66. The highest BCUT2D eigenvalue weighted by molar-refractivity contribution is 9.10. The lowest BCUT2D eigenvalue weighted by Crippen LogP contribution is -2.45. The Labute approximate surface area is 185 Å². The number of rotatable bonds is 7. The average Bonchev–Trinajstić information content (AvgIpc) is 2.74. The molecule has 1 aromatic heterocycles. The maximum absolute atomic E-state index is 13.0. The van der Waals surface area contributed by atoms with Crippen LogP contribution in [0.1, 0.15) is 35.6 Å². The number of hydrazine groups is 1. The molecule has 3 rings (SSSR count). The summed E-state index contributed by atoms with van der Waals surface area (Å²) in [6, 6.07) is 9.56. The lowest BCUT2D eigenvalue weighted by Gasteiger charge is -2.27. The van der Waals surface area contributed by atoms with E-state index in [1.54, 1.807) is 11.1 Å². The molecule has 9 heteroatoms. The van der Waals surface area contributed by atoms with Crippen LogP contribution in [0.25, 0.3) is 0 Å². The van der Waals surface area contributed by atoms with Crippen molar-refractivity contribution in [2.24, 2.45) is 5.92 Å². The number of nitrogens with one attached hydrogen (secondary N) is 1. The van der Waals surface area contributed by atoms with Gasteiger partial charge in [-0.1, -0.05) is 26.0 Å². The van der Waals surface area contributed by atoms with Crippen LogP contribution in [-0.4, -0.2) is 53.6 Å². The van der Waals surface area contributed by atoms with E-state index in [1.165, 1.54) is 6.20 Å². The minimum absolute atomic E-state index is 0.0451. The van der Waals surface area contributed by atoms with Crippen molar-refractivity contribution in [3.05, 3.63) is 51.9 Å². The van der Waals surface area contributed by atoms with Crippen LogP contribution in [0.15, 0.2) is 34.9 Å². The van der Waals surface area contributed by atoms with Crippen LogP contribution in [-0.2, 0) is 11.3 Å². The van der Waals surface area contributed by atoms with Crippen LogP contribution < -0.4 is 10.4 Å². The fraction of sp³-hybridized carbons (Fsp3) is 0.429. The number of amides is 1. The van der Waals surface area contributed by atoms with E-state index >= 15 is 0 Å². The molecular weight excluding hydrogens is 448 g/mol. The van der Waals surface area contributed by atoms with Gasteiger partial charge < -0.3 is 4.74 Å². The van der Waals surface area contributed by atoms with E-state index in [4.69, 9.17) is 10.00 Å². The van der Waals surface area contributed by atoms with E-state index in [1.807, 2.05) is 38.1 Å². The zero-order valence-electron chi connectivity index (χ0n) is 17.1. The number of morpholine rings is 1. The number of halogens is 1. The van der Waals surface area contributed by atoms with E-state index < -0.39 is 0 Å². The summed E-state index contributed by atoms with van der Waals surface area (Å²) in [5.74, 6) is 0.519. The molecule has 1 aliphatic heterocycles. The van der Waals surface area contributed by atoms with Crippen molar-refractivity contribution in [3.8, 4) is 6.07 Å². The lowest BCUT2D eigenvalue weighted by atomic mass is 10.1. The Balaban J connectivity index is 1.77. The van der Waals surface area contributed by atoms with Gasteiger partial charge in [-0.05, 0) is 39.5 Å². The van der Waals surface area contributed by atoms with E-state index in [0.717, 1.165) is 38.4 Å². The third-order valence-electron chi connectivity index (χ3n) is 4.56. The largest absolute Gasteiger partial charge is 0.379 e. The summed E-state index contributed by atoms with van der Waals surface area (Å²) < 4.78 is 6.00. The van der Waals surface area contributed by atoms with Crippen LogP contribution >= 0.6 is 15.9 Å². The summed E-state index contributed by atoms with van der Waals surface area (Å²) in [5, 5.41) is 10.8. The third kappa shape index (κ3) is 5.98. The van der Waals surface area contributed by atoms with Gasteiger partial charge >= 0.3 is 0 Å². The SMILES string of the molecule is CC(C)CN(NC(=O)c1cccc(CN2CCOCC2)c1)c1nc(C#N)ncc1Br. The molecule has 1 aromatic carbocycles. The molecule has 1 fully saturated rings. The minimum Gasteiger partial charge on any atom is -0.379 e. The second kappa shape index (κ2) is 10.5. The van der Waals surface area contributed by atoms with Gasteiger partial charge in [0.2, 0.25) is 5.82 Å². The van der Waals surface area contributed by atoms with Gasteiger partial charge in [-0.25, -0.2) is 4.98 Å². The molecule has 30 heavy (non-hydrogen) atoms. The zero-order chi connectivity index (χ0) is 21.5. The second-order valence-electron chi connectivity index (χ2n) is 7.51. The highest BCUT2D eigenvalue weighted by Crippen LogP contribution is 2.23. The smallest absolute Gasteiger partial charge is 0.269 e. The van der Waals surface area contributed by atoms with Crippen molar-refractivity contribution in [1.82, 2.24) is 20.3 Å². The number of nitriles is 1. The first-order valence-electron chi connectivity index (χ1n) is 9.86. The number of ether oxygens (including phenoxy) is 1. The topological polar surface area (TPSA) is 94.4 Å². The normalized spacial score (nSPS) is 14.4. The molecule has 1 saturated heterocycles. The molecule has 1 aliphatic rings. The molecule has 2 aromatic rings. The van der Waals surface area contributed by atoms with Crippen molar-refractivity contribution in [2.45, 2.75) is 20.4 Å². The van der Waals surface area contributed by atoms with Crippen molar-refractivity contribution >= 4 is 27.7 Å². The van der Waals surface area contributed by atoms with Crippen LogP contribution in [0.5, 0.6) is 0 Å². The van der Waals surface area contributed by atoms with Gasteiger partial charge in [-0.2, -0.15) is 10.2 Å². The number of anilines is 1. The predicted octanol–water partition coefficient (Wildman–Crippen LogP) is 2.75. The Morgan fingerprint density at radius 3 is 2.87 bits per heavy atom. The van der Waals surface area contributed by atoms with Gasteiger partial charge in [0.15, 0.2) is 5.82 Å². The first kappa shape index (κ1) is 22.2. The third-order valence-corrected chi connectivity index (χ3v) is 5.12. The molecule has 2 heterocycles. The highest BCUT2D eigenvalue weighted by Gasteiger charge is 2.19. The van der Waals surface area contributed by atoms with Gasteiger partial charge in [0.1, 0.15) is 6.07 Å². The quantitative estimate of drug-likeness (QED) is 0.618. The number of aromatic nitrogens is 2. The first-order valence-corrected chi connectivity index (χ1v) is 10.7. The Morgan fingerprint density at radius 2 is 2.17 bits per heavy atom. The minimum atomic E-state index is -0.233. The Hall–Kier alpha value is -2.54. The number of hydrogen-bond donors (Lipinski definition) is 1. The average molecular weight is 473 g/mol. The maximum atomic E-state index is 13.0. The van der Waals surface area contributed by atoms with E-state index in [9.17, 15) is 4.79 Å². The number of hydrogen-bond acceptors (Lipinski definition) is 7. The Morgan fingerprint density at radius 1 is 1.40 bits per heavy atom. The summed E-state index contributed by atoms with van der Waals surface area (Å²) in [4.78, 5) is 23.5. The van der Waals surface area contributed by atoms with Crippen molar-refractivity contribution in [2.75, 3.05) is 37.9 Å². The lowest BCUT2D eigenvalue weighted by molar-refractivity contribution is 0.0342. The summed E-state index contributed by atoms with van der Waals surface area (Å²) in [5.41, 5.74) is 4.58. The fourth-order valence-corrected chi connectivity index (χ4v) is 3.57. The summed E-state index contributed by atoms with van der Waals surface area (Å²) in [7, 11) is 0. The molecule has 0 saturated carbocycles. The van der Waals surface area contributed by atoms with Crippen LogP contribution in [0.2, 0.25) is 0 Å². The molecular formula is C21H25BrN6O2. The zero-order valence-corrected chi connectivity index (χ0v) is 18.7. The molecule has 1 N–H and O–H groups in total. The fourth-order valence-electron chi connectivity index (χ4n) is 3.17. The van der Waals surface area contributed by atoms with Gasteiger partial charge in [-0.15, -0.1) is 0 Å². The van der Waals surface area contributed by atoms with Crippen LogP contribution in [0, 0.1) is 17.2 Å². The molecule has 8 nitrogen and oxygen atoms in total. The number of carbonyl (C=O) groups is 1. The van der Waals surface area contributed by atoms with Crippen molar-refractivity contribution in [3.63, 3.8) is 0 Å². The van der Waals surface area contributed by atoms with Crippen molar-refractivity contribution < 1.29 is 9.53 Å². The molecule has 0 bridgehead atoms. The van der Waals surface area contributed by atoms with E-state index in [0.29, 0.717) is 22.4 Å². The first-order chi connectivity index (χ1) is 14.5. The second-order valence-corrected chi connectivity index (χ2v) is 8.37. The summed E-state index contributed by atoms with van der Waals surface area (Å²) in [6.07, 6.45) is 1.52. The standard InChI is InChI=1S/C21H25BrN6O2/c1-15(2)13-28(20-18(22)12-24-19(11-23)25-20)26-21(29)17-5-3-4-16(10-17)14-27-6-8-30-9-7-27/h3-5,10,12,15H,6-9,13-14H2,1-2H3,(H,26,29). The molecule has 1 amide bonds. The predicted molar refractivity (Wildman–Crippen MR) is 117 cm³/mol. The van der Waals surface area contributed by atoms with Crippen LogP contribution in [0.3, 0.4) is 0 Å².